The van der Waals surface area contributed by atoms with E-state index in [0.717, 1.165) is 0 Å². The number of anilines is 1. The molecule has 0 spiro atoms. The van der Waals surface area contributed by atoms with Crippen molar-refractivity contribution in [1.82, 2.24) is 5.14 Å². The molecule has 1 rings (SSSR count). The van der Waals surface area contributed by atoms with Gasteiger partial charge in [0.1, 0.15) is 0 Å². The van der Waals surface area contributed by atoms with Gasteiger partial charge in [-0.05, 0) is 18.2 Å². The first-order chi connectivity index (χ1) is 5.00. The Bertz CT molecular complexity index is 359. The van der Waals surface area contributed by atoms with Crippen molar-refractivity contribution in [2.75, 3.05) is 5.73 Å². The Kier molecular flexibility index (Phi) is 1.84. The molecule has 0 unspecified atom stereocenters. The van der Waals surface area contributed by atoms with Gasteiger partial charge < -0.3 is 5.73 Å². The van der Waals surface area contributed by atoms with E-state index in [9.17, 15) is 8.42 Å². The van der Waals surface area contributed by atoms with Crippen LogP contribution < -0.4 is 10.9 Å². The van der Waals surface area contributed by atoms with Crippen LogP contribution in [0.3, 0.4) is 0 Å². The molecule has 0 aliphatic heterocycles. The fourth-order valence-corrected chi connectivity index (χ4v) is 1.23. The summed E-state index contributed by atoms with van der Waals surface area (Å²) in [6, 6.07) is 5.65. The van der Waals surface area contributed by atoms with Gasteiger partial charge in [-0.3, -0.25) is 0 Å². The number of hydrogen-bond acceptors (Lipinski definition) is 3. The fourth-order valence-electron chi connectivity index (χ4n) is 0.682. The Balaban J connectivity index is 3.28. The first-order valence-corrected chi connectivity index (χ1v) is 4.33. The van der Waals surface area contributed by atoms with Crippen LogP contribution in [0.15, 0.2) is 29.2 Å². The molecule has 0 atom stereocenters. The van der Waals surface area contributed by atoms with E-state index in [1.165, 1.54) is 18.2 Å². The molecule has 0 saturated carbocycles. The van der Waals surface area contributed by atoms with Crippen molar-refractivity contribution in [3.05, 3.63) is 24.3 Å². The second-order valence-corrected chi connectivity index (χ2v) is 3.55. The van der Waals surface area contributed by atoms with E-state index in [-0.39, 0.29) is 4.90 Å². The predicted octanol–water partition coefficient (Wildman–Crippen LogP) is 0.240. The predicted molar refractivity (Wildman–Crippen MR) is 41.1 cm³/mol. The molecule has 5 heteroatoms. The summed E-state index contributed by atoms with van der Waals surface area (Å²) in [5, 5.41) is 6.69. The Hall–Kier alpha value is -1.07. The normalized spacial score (nSPS) is 11.4. The van der Waals surface area contributed by atoms with Gasteiger partial charge in [-0.25, -0.2) is 8.42 Å². The average Bonchev–Trinajstić information content (AvgIpc) is 1.86. The van der Waals surface area contributed by atoms with E-state index in [0.29, 0.717) is 5.69 Å². The SMILES string of the molecule is [NH]S(=O)(=O)c1cccc(N)c1. The zero-order valence-electron chi connectivity index (χ0n) is 5.61. The van der Waals surface area contributed by atoms with Gasteiger partial charge in [0.25, 0.3) is 10.0 Å². The van der Waals surface area contributed by atoms with Gasteiger partial charge >= 0.3 is 0 Å². The van der Waals surface area contributed by atoms with Crippen LogP contribution in [0.25, 0.3) is 0 Å². The summed E-state index contributed by atoms with van der Waals surface area (Å²) in [5.41, 5.74) is 5.65. The zero-order chi connectivity index (χ0) is 8.48. The van der Waals surface area contributed by atoms with Gasteiger partial charge in [0, 0.05) is 5.69 Å². The summed E-state index contributed by atoms with van der Waals surface area (Å²) in [7, 11) is -3.86. The first-order valence-electron chi connectivity index (χ1n) is 2.85. The van der Waals surface area contributed by atoms with Crippen LogP contribution in [0.4, 0.5) is 5.69 Å². The lowest BCUT2D eigenvalue weighted by Crippen LogP contribution is -2.00. The lowest BCUT2D eigenvalue weighted by atomic mass is 10.3. The number of sulfonamides is 1. The molecule has 1 aromatic rings. The molecule has 0 fully saturated rings. The molecule has 59 valence electrons. The highest BCUT2D eigenvalue weighted by Crippen LogP contribution is 2.10. The van der Waals surface area contributed by atoms with Crippen LogP contribution in [0.5, 0.6) is 0 Å². The maximum atomic E-state index is 10.6. The average molecular weight is 171 g/mol. The van der Waals surface area contributed by atoms with Crippen molar-refractivity contribution in [3.8, 4) is 0 Å². The highest BCUT2D eigenvalue weighted by Gasteiger charge is 2.06. The van der Waals surface area contributed by atoms with Crippen molar-refractivity contribution >= 4 is 15.7 Å². The Labute approximate surface area is 64.9 Å². The summed E-state index contributed by atoms with van der Waals surface area (Å²) in [6.45, 7) is 0. The van der Waals surface area contributed by atoms with Gasteiger partial charge in [0.2, 0.25) is 0 Å². The summed E-state index contributed by atoms with van der Waals surface area (Å²) in [4.78, 5) is -0.0718. The third-order valence-corrected chi connectivity index (χ3v) is 2.04. The van der Waals surface area contributed by atoms with E-state index in [4.69, 9.17) is 10.9 Å². The summed E-state index contributed by atoms with van der Waals surface area (Å²) < 4.78 is 21.2. The van der Waals surface area contributed by atoms with E-state index in [2.05, 4.69) is 0 Å². The van der Waals surface area contributed by atoms with Gasteiger partial charge in [0.05, 0.1) is 4.90 Å². The Morgan fingerprint density at radius 3 is 2.36 bits per heavy atom. The van der Waals surface area contributed by atoms with E-state index < -0.39 is 10.0 Å². The minimum absolute atomic E-state index is 0.0718. The summed E-state index contributed by atoms with van der Waals surface area (Å²) in [5.74, 6) is 0. The first kappa shape index (κ1) is 8.03. The second kappa shape index (κ2) is 2.52. The Morgan fingerprint density at radius 1 is 1.36 bits per heavy atom. The maximum Gasteiger partial charge on any atom is 0.254 e. The van der Waals surface area contributed by atoms with E-state index in [1.54, 1.807) is 6.07 Å². The third kappa shape index (κ3) is 1.92. The molecule has 1 radical (unpaired) electrons. The number of nitrogen functional groups attached to an aromatic ring is 1. The third-order valence-electron chi connectivity index (χ3n) is 1.17. The smallest absolute Gasteiger partial charge is 0.254 e. The van der Waals surface area contributed by atoms with Crippen molar-refractivity contribution in [3.63, 3.8) is 0 Å². The molecular formula is C6H7N2O2S. The summed E-state index contributed by atoms with van der Waals surface area (Å²) in [6.07, 6.45) is 0. The van der Waals surface area contributed by atoms with E-state index >= 15 is 0 Å². The molecular weight excluding hydrogens is 164 g/mol. The largest absolute Gasteiger partial charge is 0.399 e. The molecule has 0 aromatic heterocycles. The van der Waals surface area contributed by atoms with Crippen molar-refractivity contribution in [1.29, 1.82) is 0 Å². The highest BCUT2D eigenvalue weighted by molar-refractivity contribution is 7.88. The zero-order valence-corrected chi connectivity index (χ0v) is 6.43. The van der Waals surface area contributed by atoms with Crippen LogP contribution in [-0.2, 0) is 10.0 Å². The monoisotopic (exact) mass is 171 g/mol. The fraction of sp³-hybridized carbons (Fsp3) is 0. The van der Waals surface area contributed by atoms with Crippen LogP contribution >= 0.6 is 0 Å². The maximum absolute atomic E-state index is 10.6. The molecule has 0 bridgehead atoms. The molecule has 11 heavy (non-hydrogen) atoms. The van der Waals surface area contributed by atoms with Crippen molar-refractivity contribution in [2.24, 2.45) is 0 Å². The lowest BCUT2D eigenvalue weighted by Gasteiger charge is -1.96. The quantitative estimate of drug-likeness (QED) is 0.614. The van der Waals surface area contributed by atoms with Gasteiger partial charge in [-0.2, -0.15) is 0 Å². The Morgan fingerprint density at radius 2 is 2.00 bits per heavy atom. The second-order valence-electron chi connectivity index (χ2n) is 2.08. The number of benzene rings is 1. The minimum atomic E-state index is -3.86. The number of nitrogens with one attached hydrogen (secondary N) is 1. The van der Waals surface area contributed by atoms with Crippen molar-refractivity contribution in [2.45, 2.75) is 4.90 Å². The van der Waals surface area contributed by atoms with Gasteiger partial charge in [0.15, 0.2) is 0 Å². The topological polar surface area (TPSA) is 84.0 Å². The van der Waals surface area contributed by atoms with Crippen LogP contribution in [0, 0.1) is 0 Å². The summed E-state index contributed by atoms with van der Waals surface area (Å²) >= 11 is 0. The molecule has 0 amide bonds. The molecule has 0 heterocycles. The minimum Gasteiger partial charge on any atom is -0.399 e. The molecule has 0 aliphatic carbocycles. The molecule has 0 saturated heterocycles. The number of nitrogens with two attached hydrogens (primary N) is 1. The van der Waals surface area contributed by atoms with Crippen LogP contribution in [0.1, 0.15) is 0 Å². The van der Waals surface area contributed by atoms with Gasteiger partial charge in [-0.15, -0.1) is 5.14 Å². The molecule has 1 aromatic carbocycles. The molecule has 0 aliphatic rings. The number of hydrogen-bond donors (Lipinski definition) is 1. The molecule has 4 nitrogen and oxygen atoms in total. The van der Waals surface area contributed by atoms with E-state index in [1.807, 2.05) is 0 Å². The van der Waals surface area contributed by atoms with Crippen molar-refractivity contribution < 1.29 is 8.42 Å². The van der Waals surface area contributed by atoms with Gasteiger partial charge in [-0.1, -0.05) is 6.07 Å². The standard InChI is InChI=1S/C6H7N2O2S/c7-5-2-1-3-6(4-5)11(8,9)10/h1-4,8H,7H2. The highest BCUT2D eigenvalue weighted by atomic mass is 32.2. The molecule has 3 N–H and O–H groups in total. The lowest BCUT2D eigenvalue weighted by molar-refractivity contribution is 0.596. The van der Waals surface area contributed by atoms with Crippen LogP contribution in [0.2, 0.25) is 0 Å². The number of rotatable bonds is 1. The van der Waals surface area contributed by atoms with Crippen LogP contribution in [-0.4, -0.2) is 8.42 Å².